The first-order valence-corrected chi connectivity index (χ1v) is 10.4. The third-order valence-corrected chi connectivity index (χ3v) is 5.46. The number of hydrogen-bond acceptors (Lipinski definition) is 4. The summed E-state index contributed by atoms with van der Waals surface area (Å²) in [5.74, 6) is 0.541. The van der Waals surface area contributed by atoms with Crippen LogP contribution in [0.4, 0.5) is 24.8 Å². The summed E-state index contributed by atoms with van der Waals surface area (Å²) in [6.07, 6.45) is -0.783. The van der Waals surface area contributed by atoms with E-state index >= 15 is 0 Å². The van der Waals surface area contributed by atoms with Crippen molar-refractivity contribution in [2.75, 3.05) is 42.9 Å². The van der Waals surface area contributed by atoms with Crippen molar-refractivity contribution in [3.8, 4) is 5.69 Å². The standard InChI is InChI=1S/C22H21ClF3N5O/c23-17-2-1-3-19(14-17)31-9-8-27-21(31)30-12-10-29(11-13-30)15-20(32)28-18-6-4-16(5-7-18)22(24,25)26/h1-9,14H,10-13,15H2,(H,28,32). The summed E-state index contributed by atoms with van der Waals surface area (Å²) in [6, 6.07) is 12.0. The first-order valence-electron chi connectivity index (χ1n) is 10.0. The molecular weight excluding hydrogens is 443 g/mol. The molecule has 0 atom stereocenters. The Hall–Kier alpha value is -3.04. The molecular formula is C22H21ClF3N5O. The largest absolute Gasteiger partial charge is 0.416 e. The van der Waals surface area contributed by atoms with Crippen LogP contribution in [0.5, 0.6) is 0 Å². The Bertz CT molecular complexity index is 1080. The van der Waals surface area contributed by atoms with E-state index in [-0.39, 0.29) is 12.5 Å². The van der Waals surface area contributed by atoms with Gasteiger partial charge < -0.3 is 10.2 Å². The number of alkyl halides is 3. The Morgan fingerprint density at radius 2 is 1.78 bits per heavy atom. The molecule has 10 heteroatoms. The van der Waals surface area contributed by atoms with Crippen LogP contribution in [-0.2, 0) is 11.0 Å². The van der Waals surface area contributed by atoms with Crippen molar-refractivity contribution in [1.29, 1.82) is 0 Å². The van der Waals surface area contributed by atoms with Crippen LogP contribution in [0.3, 0.4) is 0 Å². The molecule has 1 aliphatic heterocycles. The summed E-state index contributed by atoms with van der Waals surface area (Å²) in [7, 11) is 0. The summed E-state index contributed by atoms with van der Waals surface area (Å²) in [4.78, 5) is 21.0. The van der Waals surface area contributed by atoms with Gasteiger partial charge in [0.05, 0.1) is 12.1 Å². The minimum Gasteiger partial charge on any atom is -0.339 e. The van der Waals surface area contributed by atoms with Gasteiger partial charge in [-0.2, -0.15) is 13.2 Å². The normalized spacial score (nSPS) is 15.1. The zero-order valence-corrected chi connectivity index (χ0v) is 17.8. The Labute approximate surface area is 188 Å². The quantitative estimate of drug-likeness (QED) is 0.613. The molecule has 4 rings (SSSR count). The average Bonchev–Trinajstić information content (AvgIpc) is 3.24. The van der Waals surface area contributed by atoms with Gasteiger partial charge in [-0.1, -0.05) is 17.7 Å². The number of carbonyl (C=O) groups is 1. The summed E-state index contributed by atoms with van der Waals surface area (Å²) in [5, 5.41) is 3.30. The van der Waals surface area contributed by atoms with Crippen LogP contribution in [0.1, 0.15) is 5.56 Å². The molecule has 0 spiro atoms. The zero-order valence-electron chi connectivity index (χ0n) is 17.0. The van der Waals surface area contributed by atoms with Gasteiger partial charge >= 0.3 is 6.18 Å². The number of amides is 1. The molecule has 2 heterocycles. The fourth-order valence-electron chi connectivity index (χ4n) is 3.61. The molecule has 0 saturated carbocycles. The van der Waals surface area contributed by atoms with Gasteiger partial charge in [0.25, 0.3) is 0 Å². The molecule has 0 radical (unpaired) electrons. The Balaban J connectivity index is 1.31. The van der Waals surface area contributed by atoms with Gasteiger partial charge in [0, 0.05) is 55.0 Å². The highest BCUT2D eigenvalue weighted by Gasteiger charge is 2.30. The monoisotopic (exact) mass is 463 g/mol. The molecule has 1 fully saturated rings. The fourth-order valence-corrected chi connectivity index (χ4v) is 3.79. The Morgan fingerprint density at radius 1 is 1.06 bits per heavy atom. The lowest BCUT2D eigenvalue weighted by Crippen LogP contribution is -2.49. The minimum absolute atomic E-state index is 0.164. The number of rotatable bonds is 5. The summed E-state index contributed by atoms with van der Waals surface area (Å²) in [6.45, 7) is 2.85. The Morgan fingerprint density at radius 3 is 2.44 bits per heavy atom. The van der Waals surface area contributed by atoms with E-state index in [4.69, 9.17) is 11.6 Å². The fraction of sp³-hybridized carbons (Fsp3) is 0.273. The second-order valence-corrected chi connectivity index (χ2v) is 7.90. The topological polar surface area (TPSA) is 53.4 Å². The molecule has 6 nitrogen and oxygen atoms in total. The van der Waals surface area contributed by atoms with Crippen LogP contribution in [0.15, 0.2) is 60.9 Å². The highest BCUT2D eigenvalue weighted by atomic mass is 35.5. The van der Waals surface area contributed by atoms with Gasteiger partial charge in [-0.25, -0.2) is 4.98 Å². The smallest absolute Gasteiger partial charge is 0.339 e. The van der Waals surface area contributed by atoms with E-state index in [0.29, 0.717) is 36.9 Å². The van der Waals surface area contributed by atoms with Gasteiger partial charge in [-0.3, -0.25) is 14.3 Å². The maximum Gasteiger partial charge on any atom is 0.416 e. The number of imidazole rings is 1. The van der Waals surface area contributed by atoms with E-state index < -0.39 is 11.7 Å². The van der Waals surface area contributed by atoms with Crippen molar-refractivity contribution >= 4 is 29.1 Å². The molecule has 1 aliphatic rings. The predicted molar refractivity (Wildman–Crippen MR) is 117 cm³/mol. The summed E-state index contributed by atoms with van der Waals surface area (Å²) >= 11 is 6.11. The maximum atomic E-state index is 12.7. The molecule has 2 aromatic carbocycles. The molecule has 32 heavy (non-hydrogen) atoms. The van der Waals surface area contributed by atoms with Gasteiger partial charge in [0.1, 0.15) is 0 Å². The molecule has 0 unspecified atom stereocenters. The number of benzene rings is 2. The van der Waals surface area contributed by atoms with Gasteiger partial charge in [0.2, 0.25) is 11.9 Å². The second kappa shape index (κ2) is 9.22. The minimum atomic E-state index is -4.40. The number of carbonyl (C=O) groups excluding carboxylic acids is 1. The predicted octanol–water partition coefficient (Wildman–Crippen LogP) is 4.31. The number of nitrogens with zero attached hydrogens (tertiary/aromatic N) is 4. The molecule has 0 aliphatic carbocycles. The van der Waals surface area contributed by atoms with Crippen LogP contribution in [0.2, 0.25) is 5.02 Å². The van der Waals surface area contributed by atoms with E-state index in [1.165, 1.54) is 12.1 Å². The maximum absolute atomic E-state index is 12.7. The van der Waals surface area contributed by atoms with Crippen LogP contribution < -0.4 is 10.2 Å². The molecule has 0 bridgehead atoms. The van der Waals surface area contributed by atoms with E-state index in [1.54, 1.807) is 6.20 Å². The van der Waals surface area contributed by atoms with Crippen LogP contribution in [-0.4, -0.2) is 53.1 Å². The molecule has 1 amide bonds. The lowest BCUT2D eigenvalue weighted by Gasteiger charge is -2.35. The van der Waals surface area contributed by atoms with Crippen molar-refractivity contribution in [1.82, 2.24) is 14.5 Å². The van der Waals surface area contributed by atoms with Crippen LogP contribution >= 0.6 is 11.6 Å². The van der Waals surface area contributed by atoms with Crippen molar-refractivity contribution < 1.29 is 18.0 Å². The van der Waals surface area contributed by atoms with E-state index in [1.807, 2.05) is 39.9 Å². The van der Waals surface area contributed by atoms with Crippen LogP contribution in [0.25, 0.3) is 5.69 Å². The van der Waals surface area contributed by atoms with Crippen molar-refractivity contribution in [3.05, 3.63) is 71.5 Å². The van der Waals surface area contributed by atoms with Crippen molar-refractivity contribution in [2.24, 2.45) is 0 Å². The highest BCUT2D eigenvalue weighted by molar-refractivity contribution is 6.30. The summed E-state index contributed by atoms with van der Waals surface area (Å²) < 4.78 is 39.9. The summed E-state index contributed by atoms with van der Waals surface area (Å²) in [5.41, 5.74) is 0.510. The van der Waals surface area contributed by atoms with Gasteiger partial charge in [-0.05, 0) is 42.5 Å². The third kappa shape index (κ3) is 5.23. The molecule has 1 N–H and O–H groups in total. The molecule has 168 valence electrons. The Kier molecular flexibility index (Phi) is 6.38. The van der Waals surface area contributed by atoms with E-state index in [0.717, 1.165) is 23.8 Å². The van der Waals surface area contributed by atoms with Crippen molar-refractivity contribution in [2.45, 2.75) is 6.18 Å². The number of halogens is 4. The van der Waals surface area contributed by atoms with Crippen molar-refractivity contribution in [3.63, 3.8) is 0 Å². The average molecular weight is 464 g/mol. The first-order chi connectivity index (χ1) is 15.3. The lowest BCUT2D eigenvalue weighted by atomic mass is 10.2. The van der Waals surface area contributed by atoms with Crippen LogP contribution in [0, 0.1) is 0 Å². The number of hydrogen-bond donors (Lipinski definition) is 1. The van der Waals surface area contributed by atoms with Gasteiger partial charge in [0.15, 0.2) is 0 Å². The number of anilines is 2. The molecule has 1 saturated heterocycles. The first kappa shape index (κ1) is 22.2. The zero-order chi connectivity index (χ0) is 22.7. The SMILES string of the molecule is O=C(CN1CCN(c2nccn2-c2cccc(Cl)c2)CC1)Nc1ccc(C(F)(F)F)cc1. The van der Waals surface area contributed by atoms with Gasteiger partial charge in [-0.15, -0.1) is 0 Å². The second-order valence-electron chi connectivity index (χ2n) is 7.46. The third-order valence-electron chi connectivity index (χ3n) is 5.23. The molecule has 3 aromatic rings. The number of aromatic nitrogens is 2. The number of nitrogens with one attached hydrogen (secondary N) is 1. The molecule has 1 aromatic heterocycles. The lowest BCUT2D eigenvalue weighted by molar-refractivity contribution is -0.137. The highest BCUT2D eigenvalue weighted by Crippen LogP contribution is 2.29. The van der Waals surface area contributed by atoms with E-state index in [9.17, 15) is 18.0 Å². The van der Waals surface area contributed by atoms with E-state index in [2.05, 4.69) is 15.2 Å². The number of piperazine rings is 1.